The van der Waals surface area contributed by atoms with Crippen molar-refractivity contribution in [1.82, 2.24) is 5.32 Å². The Morgan fingerprint density at radius 3 is 1.98 bits per heavy atom. The number of allylic oxidation sites excluding steroid dienone is 7. The molecule has 0 bridgehead atoms. The van der Waals surface area contributed by atoms with Crippen molar-refractivity contribution in [2.24, 2.45) is 0 Å². The van der Waals surface area contributed by atoms with Crippen molar-refractivity contribution in [3.63, 3.8) is 0 Å². The second-order valence-electron chi connectivity index (χ2n) is 12.5. The SMILES string of the molecule is C/C=C/CC/C=C/CC/C=C/C(O)C(COP(=O)([O-])OCC[N+](C)(C)C)NC(=O)CCCCC/C=C\CCCCCCCC. The topological polar surface area (TPSA) is 108 Å². The van der Waals surface area contributed by atoms with Crippen LogP contribution in [0.4, 0.5) is 0 Å². The number of aliphatic hydroxyl groups excluding tert-OH is 1. The first-order valence-electron chi connectivity index (χ1n) is 17.0. The summed E-state index contributed by atoms with van der Waals surface area (Å²) in [4.78, 5) is 25.0. The van der Waals surface area contributed by atoms with E-state index >= 15 is 0 Å². The molecule has 0 aliphatic carbocycles. The minimum Gasteiger partial charge on any atom is -0.756 e. The van der Waals surface area contributed by atoms with Gasteiger partial charge in [0.25, 0.3) is 7.82 Å². The lowest BCUT2D eigenvalue weighted by atomic mass is 10.1. The summed E-state index contributed by atoms with van der Waals surface area (Å²) < 4.78 is 22.9. The Hall–Kier alpha value is -1.54. The van der Waals surface area contributed by atoms with Gasteiger partial charge >= 0.3 is 0 Å². The molecule has 0 aliphatic heterocycles. The van der Waals surface area contributed by atoms with Gasteiger partial charge in [-0.1, -0.05) is 94.1 Å². The van der Waals surface area contributed by atoms with Crippen LogP contribution in [0, 0.1) is 0 Å². The molecule has 0 aromatic carbocycles. The van der Waals surface area contributed by atoms with Gasteiger partial charge in [0.15, 0.2) is 0 Å². The number of likely N-dealkylation sites (N-methyl/N-ethyl adjacent to an activating group) is 1. The van der Waals surface area contributed by atoms with Gasteiger partial charge < -0.3 is 28.8 Å². The van der Waals surface area contributed by atoms with E-state index in [1.54, 1.807) is 6.08 Å². The average Bonchev–Trinajstić information content (AvgIpc) is 2.95. The van der Waals surface area contributed by atoms with Crippen molar-refractivity contribution in [3.05, 3.63) is 48.6 Å². The zero-order valence-corrected chi connectivity index (χ0v) is 29.5. The maximum atomic E-state index is 12.7. The minimum absolute atomic E-state index is 0.0136. The molecule has 0 rings (SSSR count). The third kappa shape index (κ3) is 29.2. The number of nitrogens with zero attached hydrogens (tertiary/aromatic N) is 1. The van der Waals surface area contributed by atoms with Crippen LogP contribution in [0.3, 0.4) is 0 Å². The van der Waals surface area contributed by atoms with Crippen LogP contribution in [0.2, 0.25) is 0 Å². The van der Waals surface area contributed by atoms with E-state index in [4.69, 9.17) is 9.05 Å². The zero-order valence-electron chi connectivity index (χ0n) is 28.6. The fourth-order valence-electron chi connectivity index (χ4n) is 4.30. The summed E-state index contributed by atoms with van der Waals surface area (Å²) in [5, 5.41) is 13.5. The number of phosphoric acid groups is 1. The molecule has 0 fully saturated rings. The molecule has 9 heteroatoms. The number of aliphatic hydroxyl groups is 1. The van der Waals surface area contributed by atoms with E-state index in [0.29, 0.717) is 17.4 Å². The van der Waals surface area contributed by atoms with Crippen molar-refractivity contribution in [1.29, 1.82) is 0 Å². The first-order valence-corrected chi connectivity index (χ1v) is 18.4. The normalized spacial score (nSPS) is 15.5. The van der Waals surface area contributed by atoms with E-state index in [1.807, 2.05) is 40.2 Å². The van der Waals surface area contributed by atoms with E-state index < -0.39 is 26.6 Å². The van der Waals surface area contributed by atoms with Gasteiger partial charge in [-0.2, -0.15) is 0 Å². The molecular weight excluding hydrogens is 575 g/mol. The Morgan fingerprint density at radius 1 is 0.818 bits per heavy atom. The third-order valence-electron chi connectivity index (χ3n) is 7.08. The lowest BCUT2D eigenvalue weighted by molar-refractivity contribution is -0.870. The second kappa shape index (κ2) is 27.7. The highest BCUT2D eigenvalue weighted by Crippen LogP contribution is 2.38. The molecule has 0 saturated heterocycles. The number of phosphoric ester groups is 1. The zero-order chi connectivity index (χ0) is 32.9. The molecule has 0 aromatic rings. The largest absolute Gasteiger partial charge is 0.756 e. The lowest BCUT2D eigenvalue weighted by Crippen LogP contribution is -2.45. The van der Waals surface area contributed by atoms with Crippen LogP contribution in [0.15, 0.2) is 48.6 Å². The Kier molecular flexibility index (Phi) is 26.8. The molecule has 1 amide bonds. The highest BCUT2D eigenvalue weighted by molar-refractivity contribution is 7.45. The van der Waals surface area contributed by atoms with Crippen LogP contribution in [0.5, 0.6) is 0 Å². The predicted octanol–water partition coefficient (Wildman–Crippen LogP) is 7.55. The van der Waals surface area contributed by atoms with Gasteiger partial charge in [0.1, 0.15) is 13.2 Å². The minimum atomic E-state index is -4.59. The first kappa shape index (κ1) is 42.5. The number of amides is 1. The molecule has 0 aromatic heterocycles. The average molecular weight is 641 g/mol. The van der Waals surface area contributed by atoms with Gasteiger partial charge in [0.05, 0.1) is 39.9 Å². The molecule has 3 atom stereocenters. The van der Waals surface area contributed by atoms with Crippen LogP contribution in [-0.4, -0.2) is 68.5 Å². The van der Waals surface area contributed by atoms with Crippen molar-refractivity contribution in [3.8, 4) is 0 Å². The number of hydrogen-bond donors (Lipinski definition) is 2. The predicted molar refractivity (Wildman–Crippen MR) is 182 cm³/mol. The smallest absolute Gasteiger partial charge is 0.268 e. The van der Waals surface area contributed by atoms with Gasteiger partial charge in [-0.05, 0) is 64.7 Å². The third-order valence-corrected chi connectivity index (χ3v) is 8.05. The van der Waals surface area contributed by atoms with Crippen LogP contribution < -0.4 is 10.2 Å². The molecule has 0 saturated carbocycles. The molecule has 2 N–H and O–H groups in total. The van der Waals surface area contributed by atoms with E-state index in [-0.39, 0.29) is 12.5 Å². The Morgan fingerprint density at radius 2 is 1.36 bits per heavy atom. The quantitative estimate of drug-likeness (QED) is 0.0378. The van der Waals surface area contributed by atoms with Gasteiger partial charge in [0, 0.05) is 6.42 Å². The summed E-state index contributed by atoms with van der Waals surface area (Å²) in [6.07, 6.45) is 31.8. The van der Waals surface area contributed by atoms with Crippen molar-refractivity contribution >= 4 is 13.7 Å². The number of carbonyl (C=O) groups excluding carboxylic acids is 1. The Balaban J connectivity index is 4.66. The van der Waals surface area contributed by atoms with E-state index in [1.165, 1.54) is 38.5 Å². The molecule has 0 heterocycles. The fraction of sp³-hybridized carbons (Fsp3) is 0.743. The second-order valence-corrected chi connectivity index (χ2v) is 13.9. The summed E-state index contributed by atoms with van der Waals surface area (Å²) in [5.41, 5.74) is 0. The van der Waals surface area contributed by atoms with Gasteiger partial charge in [-0.3, -0.25) is 9.36 Å². The lowest BCUT2D eigenvalue weighted by Gasteiger charge is -2.29. The Labute approximate surface area is 269 Å². The highest BCUT2D eigenvalue weighted by atomic mass is 31.2. The maximum Gasteiger partial charge on any atom is 0.268 e. The first-order chi connectivity index (χ1) is 21.0. The number of rotatable bonds is 29. The highest BCUT2D eigenvalue weighted by Gasteiger charge is 2.23. The molecule has 3 unspecified atom stereocenters. The van der Waals surface area contributed by atoms with Crippen molar-refractivity contribution in [2.75, 3.05) is 40.9 Å². The number of carbonyl (C=O) groups is 1. The monoisotopic (exact) mass is 640 g/mol. The molecular formula is C35H65N2O6P. The van der Waals surface area contributed by atoms with E-state index in [2.05, 4.69) is 42.6 Å². The molecule has 0 spiro atoms. The summed E-state index contributed by atoms with van der Waals surface area (Å²) >= 11 is 0. The standard InChI is InChI=1S/C35H65N2O6P/c1-6-8-10-12-14-16-17-18-19-21-23-25-27-29-35(39)36-33(32-43-44(40,41)42-31-30-37(3,4)5)34(38)28-26-24-22-20-15-13-11-9-7-2/h7,9,15,18-20,26,28,33-34,38H,6,8,10-14,16-17,21-25,27,29-32H2,1-5H3,(H-,36,39,40,41)/b9-7+,19-18-,20-15+,28-26+. The fourth-order valence-corrected chi connectivity index (χ4v) is 5.02. The van der Waals surface area contributed by atoms with E-state index in [9.17, 15) is 19.4 Å². The van der Waals surface area contributed by atoms with Crippen molar-refractivity contribution in [2.45, 2.75) is 129 Å². The molecule has 0 radical (unpaired) electrons. The molecule has 8 nitrogen and oxygen atoms in total. The van der Waals surface area contributed by atoms with Crippen LogP contribution in [0.1, 0.15) is 117 Å². The summed E-state index contributed by atoms with van der Waals surface area (Å²) in [6, 6.07) is -0.913. The summed E-state index contributed by atoms with van der Waals surface area (Å²) in [6.45, 7) is 4.31. The van der Waals surface area contributed by atoms with Gasteiger partial charge in [-0.25, -0.2) is 0 Å². The number of hydrogen-bond acceptors (Lipinski definition) is 6. The molecule has 44 heavy (non-hydrogen) atoms. The van der Waals surface area contributed by atoms with Crippen molar-refractivity contribution < 1.29 is 32.9 Å². The van der Waals surface area contributed by atoms with Crippen LogP contribution in [-0.2, 0) is 18.4 Å². The Bertz CT molecular complexity index is 866. The van der Waals surface area contributed by atoms with Crippen LogP contribution in [0.25, 0.3) is 0 Å². The van der Waals surface area contributed by atoms with Crippen LogP contribution >= 0.6 is 7.82 Å². The number of quaternary nitrogens is 1. The summed E-state index contributed by atoms with van der Waals surface area (Å²) in [7, 11) is 1.21. The molecule has 0 aliphatic rings. The maximum absolute atomic E-state index is 12.7. The van der Waals surface area contributed by atoms with E-state index in [0.717, 1.165) is 57.8 Å². The summed E-state index contributed by atoms with van der Waals surface area (Å²) in [5.74, 6) is -0.236. The molecule has 256 valence electrons. The van der Waals surface area contributed by atoms with Gasteiger partial charge in [0.2, 0.25) is 5.91 Å². The number of unbranched alkanes of at least 4 members (excludes halogenated alkanes) is 11. The van der Waals surface area contributed by atoms with Gasteiger partial charge in [-0.15, -0.1) is 0 Å². The number of nitrogens with one attached hydrogen (secondary N) is 1.